The highest BCUT2D eigenvalue weighted by molar-refractivity contribution is 5.63. The van der Waals surface area contributed by atoms with E-state index in [4.69, 9.17) is 5.73 Å². The minimum absolute atomic E-state index is 0.102. The second kappa shape index (κ2) is 3.91. The van der Waals surface area contributed by atoms with Gasteiger partial charge in [0, 0.05) is 18.9 Å². The van der Waals surface area contributed by atoms with Crippen LogP contribution in [0.3, 0.4) is 0 Å². The average molecular weight is 246 g/mol. The highest BCUT2D eigenvalue weighted by atomic mass is 15.3. The number of rotatable bonds is 4. The van der Waals surface area contributed by atoms with Gasteiger partial charge in [-0.25, -0.2) is 4.98 Å². The summed E-state index contributed by atoms with van der Waals surface area (Å²) in [5, 5.41) is 11.7. The van der Waals surface area contributed by atoms with E-state index in [1.807, 2.05) is 17.5 Å². The summed E-state index contributed by atoms with van der Waals surface area (Å²) in [5.41, 5.74) is 6.57. The zero-order valence-electron chi connectivity index (χ0n) is 10.7. The molecular formula is C12H18N6. The predicted molar refractivity (Wildman–Crippen MR) is 69.3 cm³/mol. The van der Waals surface area contributed by atoms with Crippen LogP contribution < -0.4 is 11.1 Å². The number of hydrogen-bond donors (Lipinski definition) is 2. The van der Waals surface area contributed by atoms with Crippen molar-refractivity contribution in [1.82, 2.24) is 19.6 Å². The Balaban J connectivity index is 1.99. The Morgan fingerprint density at radius 3 is 2.94 bits per heavy atom. The molecule has 0 radical (unpaired) electrons. The second-order valence-electron chi connectivity index (χ2n) is 5.24. The fourth-order valence-electron chi connectivity index (χ4n) is 2.34. The summed E-state index contributed by atoms with van der Waals surface area (Å²) < 4.78 is 1.93. The first kappa shape index (κ1) is 11.4. The third kappa shape index (κ3) is 1.73. The van der Waals surface area contributed by atoms with Crippen LogP contribution in [-0.4, -0.2) is 31.7 Å². The zero-order chi connectivity index (χ0) is 12.8. The Kier molecular flexibility index (Phi) is 2.48. The molecule has 6 nitrogen and oxygen atoms in total. The van der Waals surface area contributed by atoms with Gasteiger partial charge in [-0.2, -0.15) is 0 Å². The van der Waals surface area contributed by atoms with Gasteiger partial charge in [0.05, 0.1) is 5.54 Å². The first-order valence-electron chi connectivity index (χ1n) is 6.28. The highest BCUT2D eigenvalue weighted by Gasteiger charge is 2.41. The molecule has 6 heteroatoms. The smallest absolute Gasteiger partial charge is 0.203 e. The lowest BCUT2D eigenvalue weighted by Gasteiger charge is -2.30. The summed E-state index contributed by atoms with van der Waals surface area (Å²) in [4.78, 5) is 4.37. The molecule has 1 fully saturated rings. The van der Waals surface area contributed by atoms with Crippen LogP contribution in [0, 0.1) is 12.8 Å². The first-order chi connectivity index (χ1) is 8.64. The topological polar surface area (TPSA) is 81.1 Å². The van der Waals surface area contributed by atoms with Gasteiger partial charge >= 0.3 is 0 Å². The summed E-state index contributed by atoms with van der Waals surface area (Å²) in [6.45, 7) is 4.67. The van der Waals surface area contributed by atoms with E-state index in [1.165, 1.54) is 12.8 Å². The maximum absolute atomic E-state index is 5.91. The molecular weight excluding hydrogens is 228 g/mol. The third-order valence-corrected chi connectivity index (χ3v) is 3.80. The molecule has 1 unspecified atom stereocenters. The van der Waals surface area contributed by atoms with Gasteiger partial charge in [0.25, 0.3) is 0 Å². The molecule has 2 heterocycles. The molecule has 3 rings (SSSR count). The molecule has 0 aliphatic heterocycles. The molecule has 2 aromatic rings. The van der Waals surface area contributed by atoms with Crippen molar-refractivity contribution in [2.75, 3.05) is 11.9 Å². The summed E-state index contributed by atoms with van der Waals surface area (Å²) in [6.07, 6.45) is 6.09. The first-order valence-corrected chi connectivity index (χ1v) is 6.28. The molecule has 0 bridgehead atoms. The lowest BCUT2D eigenvalue weighted by molar-refractivity contribution is 0.458. The van der Waals surface area contributed by atoms with Crippen LogP contribution in [-0.2, 0) is 0 Å². The predicted octanol–water partition coefficient (Wildman–Crippen LogP) is 0.972. The largest absolute Gasteiger partial charge is 0.360 e. The SMILES string of the molecule is Cc1nnc2c(NC(C)(CN)C3CC3)nccn12. The van der Waals surface area contributed by atoms with E-state index in [2.05, 4.69) is 27.4 Å². The van der Waals surface area contributed by atoms with Gasteiger partial charge in [0.2, 0.25) is 5.65 Å². The van der Waals surface area contributed by atoms with Crippen molar-refractivity contribution in [3.63, 3.8) is 0 Å². The standard InChI is InChI=1S/C12H18N6/c1-8-16-17-11-10(14-5-6-18(8)11)15-12(2,7-13)9-3-4-9/h5-6,9H,3-4,7,13H2,1-2H3,(H,14,15). The van der Waals surface area contributed by atoms with Gasteiger partial charge in [-0.3, -0.25) is 4.40 Å². The monoisotopic (exact) mass is 246 g/mol. The minimum Gasteiger partial charge on any atom is -0.360 e. The van der Waals surface area contributed by atoms with Crippen molar-refractivity contribution in [3.05, 3.63) is 18.2 Å². The summed E-state index contributed by atoms with van der Waals surface area (Å²) in [7, 11) is 0. The number of nitrogens with zero attached hydrogens (tertiary/aromatic N) is 4. The van der Waals surface area contributed by atoms with E-state index < -0.39 is 0 Å². The zero-order valence-corrected chi connectivity index (χ0v) is 10.7. The van der Waals surface area contributed by atoms with E-state index in [9.17, 15) is 0 Å². The molecule has 0 aromatic carbocycles. The number of aromatic nitrogens is 4. The van der Waals surface area contributed by atoms with Crippen LogP contribution in [0.15, 0.2) is 12.4 Å². The second-order valence-corrected chi connectivity index (χ2v) is 5.24. The number of anilines is 1. The molecule has 2 aromatic heterocycles. The molecule has 1 saturated carbocycles. The third-order valence-electron chi connectivity index (χ3n) is 3.80. The Labute approximate surface area is 106 Å². The van der Waals surface area contributed by atoms with Crippen LogP contribution in [0.1, 0.15) is 25.6 Å². The van der Waals surface area contributed by atoms with Crippen LogP contribution in [0.5, 0.6) is 0 Å². The number of nitrogens with one attached hydrogen (secondary N) is 1. The normalized spacial score (nSPS) is 18.8. The molecule has 0 spiro atoms. The summed E-state index contributed by atoms with van der Waals surface area (Å²) >= 11 is 0. The number of aryl methyl sites for hydroxylation is 1. The Morgan fingerprint density at radius 1 is 1.50 bits per heavy atom. The molecule has 1 aliphatic carbocycles. The van der Waals surface area contributed by atoms with Gasteiger partial charge in [-0.15, -0.1) is 10.2 Å². The van der Waals surface area contributed by atoms with Gasteiger partial charge < -0.3 is 11.1 Å². The Bertz CT molecular complexity index is 573. The fraction of sp³-hybridized carbons (Fsp3) is 0.583. The van der Waals surface area contributed by atoms with E-state index >= 15 is 0 Å². The molecule has 1 aliphatic rings. The van der Waals surface area contributed by atoms with Gasteiger partial charge in [0.1, 0.15) is 5.82 Å². The maximum atomic E-state index is 5.91. The summed E-state index contributed by atoms with van der Waals surface area (Å²) in [6, 6.07) is 0. The molecule has 0 amide bonds. The molecule has 96 valence electrons. The molecule has 1 atom stereocenters. The van der Waals surface area contributed by atoms with E-state index in [-0.39, 0.29) is 5.54 Å². The van der Waals surface area contributed by atoms with Crippen molar-refractivity contribution in [3.8, 4) is 0 Å². The quantitative estimate of drug-likeness (QED) is 0.840. The van der Waals surface area contributed by atoms with Crippen molar-refractivity contribution in [1.29, 1.82) is 0 Å². The average Bonchev–Trinajstić information content (AvgIpc) is 3.16. The highest BCUT2D eigenvalue weighted by Crippen LogP contribution is 2.40. The van der Waals surface area contributed by atoms with E-state index in [0.717, 1.165) is 17.3 Å². The maximum Gasteiger partial charge on any atom is 0.203 e. The molecule has 3 N–H and O–H groups in total. The number of hydrogen-bond acceptors (Lipinski definition) is 5. The van der Waals surface area contributed by atoms with Crippen molar-refractivity contribution < 1.29 is 0 Å². The van der Waals surface area contributed by atoms with Gasteiger partial charge in [0.15, 0.2) is 5.82 Å². The van der Waals surface area contributed by atoms with Gasteiger partial charge in [-0.05, 0) is 32.6 Å². The summed E-state index contributed by atoms with van der Waals surface area (Å²) in [5.74, 6) is 2.25. The van der Waals surface area contributed by atoms with E-state index in [0.29, 0.717) is 12.5 Å². The number of fused-ring (bicyclic) bond motifs is 1. The molecule has 0 saturated heterocycles. The Hall–Kier alpha value is -1.69. The fourth-order valence-corrected chi connectivity index (χ4v) is 2.34. The van der Waals surface area contributed by atoms with Crippen LogP contribution in [0.25, 0.3) is 5.65 Å². The number of nitrogens with two attached hydrogens (primary N) is 1. The lowest BCUT2D eigenvalue weighted by Crippen LogP contribution is -2.45. The van der Waals surface area contributed by atoms with Gasteiger partial charge in [-0.1, -0.05) is 0 Å². The van der Waals surface area contributed by atoms with Crippen molar-refractivity contribution in [2.24, 2.45) is 11.7 Å². The van der Waals surface area contributed by atoms with Crippen molar-refractivity contribution in [2.45, 2.75) is 32.2 Å². The lowest BCUT2D eigenvalue weighted by atomic mass is 9.96. The van der Waals surface area contributed by atoms with E-state index in [1.54, 1.807) is 6.20 Å². The van der Waals surface area contributed by atoms with Crippen LogP contribution in [0.2, 0.25) is 0 Å². The van der Waals surface area contributed by atoms with Crippen LogP contribution >= 0.6 is 0 Å². The van der Waals surface area contributed by atoms with Crippen LogP contribution in [0.4, 0.5) is 5.82 Å². The minimum atomic E-state index is -0.102. The molecule has 18 heavy (non-hydrogen) atoms. The van der Waals surface area contributed by atoms with Crippen molar-refractivity contribution >= 4 is 11.5 Å². The Morgan fingerprint density at radius 2 is 2.28 bits per heavy atom.